The Bertz CT molecular complexity index is 484. The summed E-state index contributed by atoms with van der Waals surface area (Å²) < 4.78 is 0. The number of carbonyl (C=O) groups is 1. The summed E-state index contributed by atoms with van der Waals surface area (Å²) in [7, 11) is 0. The highest BCUT2D eigenvalue weighted by atomic mass is 16.2. The molecule has 0 unspecified atom stereocenters. The lowest BCUT2D eigenvalue weighted by atomic mass is 10.1. The molecule has 88 valence electrons. The van der Waals surface area contributed by atoms with Crippen molar-refractivity contribution in [3.63, 3.8) is 0 Å². The van der Waals surface area contributed by atoms with E-state index < -0.39 is 0 Å². The summed E-state index contributed by atoms with van der Waals surface area (Å²) in [6.45, 7) is 3.51. The molecule has 17 heavy (non-hydrogen) atoms. The average Bonchev–Trinajstić information content (AvgIpc) is 2.84. The van der Waals surface area contributed by atoms with Crippen LogP contribution in [0.4, 0.5) is 5.69 Å². The highest BCUT2D eigenvalue weighted by Crippen LogP contribution is 2.21. The van der Waals surface area contributed by atoms with Gasteiger partial charge in [-0.3, -0.25) is 4.79 Å². The second-order valence-electron chi connectivity index (χ2n) is 4.20. The number of aryl methyl sites for hydroxylation is 1. The van der Waals surface area contributed by atoms with Crippen molar-refractivity contribution in [2.45, 2.75) is 19.8 Å². The third-order valence-corrected chi connectivity index (χ3v) is 3.00. The molecule has 1 fully saturated rings. The van der Waals surface area contributed by atoms with Gasteiger partial charge in [-0.25, -0.2) is 4.79 Å². The lowest BCUT2D eigenvalue weighted by Crippen LogP contribution is -2.27. The molecule has 1 aromatic rings. The lowest BCUT2D eigenvalue weighted by molar-refractivity contribution is 0.0793. The zero-order valence-electron chi connectivity index (χ0n) is 9.77. The highest BCUT2D eigenvalue weighted by molar-refractivity contribution is 5.95. The number of carbonyl (C=O) groups excluding carboxylic acids is 2. The maximum Gasteiger partial charge on any atom is 0.253 e. The van der Waals surface area contributed by atoms with Gasteiger partial charge in [0.05, 0.1) is 5.69 Å². The number of likely N-dealkylation sites (tertiary alicyclic amines) is 1. The Hall–Kier alpha value is -1.93. The largest absolute Gasteiger partial charge is 0.339 e. The molecule has 0 N–H and O–H groups in total. The van der Waals surface area contributed by atoms with Gasteiger partial charge < -0.3 is 4.90 Å². The monoisotopic (exact) mass is 230 g/mol. The number of amides is 1. The molecule has 1 aromatic carbocycles. The van der Waals surface area contributed by atoms with Gasteiger partial charge in [-0.05, 0) is 43.5 Å². The predicted octanol–water partition coefficient (Wildman–Crippen LogP) is 2.20. The molecule has 0 radical (unpaired) electrons. The molecule has 1 aliphatic rings. The molecule has 2 rings (SSSR count). The van der Waals surface area contributed by atoms with Crippen LogP contribution >= 0.6 is 0 Å². The van der Waals surface area contributed by atoms with Crippen LogP contribution in [0.25, 0.3) is 0 Å². The topological polar surface area (TPSA) is 49.7 Å². The third-order valence-electron chi connectivity index (χ3n) is 3.00. The Labute approximate surface area is 100.0 Å². The molecule has 4 heteroatoms. The van der Waals surface area contributed by atoms with Crippen molar-refractivity contribution < 1.29 is 9.59 Å². The molecular weight excluding hydrogens is 216 g/mol. The van der Waals surface area contributed by atoms with Gasteiger partial charge in [0.25, 0.3) is 5.91 Å². The van der Waals surface area contributed by atoms with E-state index in [4.69, 9.17) is 0 Å². The van der Waals surface area contributed by atoms with E-state index in [1.807, 2.05) is 11.8 Å². The lowest BCUT2D eigenvalue weighted by Gasteiger charge is -2.15. The second-order valence-corrected chi connectivity index (χ2v) is 4.20. The Morgan fingerprint density at radius 2 is 2.06 bits per heavy atom. The van der Waals surface area contributed by atoms with Crippen LogP contribution in [-0.4, -0.2) is 30.0 Å². The van der Waals surface area contributed by atoms with E-state index >= 15 is 0 Å². The van der Waals surface area contributed by atoms with Gasteiger partial charge in [-0.1, -0.05) is 0 Å². The van der Waals surface area contributed by atoms with E-state index in [1.54, 1.807) is 18.2 Å². The smallest absolute Gasteiger partial charge is 0.253 e. The van der Waals surface area contributed by atoms with E-state index in [9.17, 15) is 9.59 Å². The first-order valence-electron chi connectivity index (χ1n) is 5.70. The quantitative estimate of drug-likeness (QED) is 0.577. The van der Waals surface area contributed by atoms with Crippen LogP contribution in [0, 0.1) is 6.92 Å². The van der Waals surface area contributed by atoms with Crippen LogP contribution in [0.2, 0.25) is 0 Å². The molecule has 1 saturated heterocycles. The van der Waals surface area contributed by atoms with Crippen molar-refractivity contribution in [3.05, 3.63) is 29.3 Å². The van der Waals surface area contributed by atoms with Crippen molar-refractivity contribution in [3.8, 4) is 0 Å². The molecule has 0 spiro atoms. The highest BCUT2D eigenvalue weighted by Gasteiger charge is 2.19. The van der Waals surface area contributed by atoms with Crippen molar-refractivity contribution >= 4 is 17.7 Å². The van der Waals surface area contributed by atoms with Crippen LogP contribution < -0.4 is 0 Å². The zero-order chi connectivity index (χ0) is 12.3. The standard InChI is InChI=1S/C13H14N2O2/c1-10-8-11(4-5-12(10)14-9-16)13(17)15-6-2-3-7-15/h4-5,8H,2-3,6-7H2,1H3. The minimum absolute atomic E-state index is 0.0623. The minimum Gasteiger partial charge on any atom is -0.339 e. The van der Waals surface area contributed by atoms with Crippen molar-refractivity contribution in [2.75, 3.05) is 13.1 Å². The molecule has 1 heterocycles. The first-order chi connectivity index (χ1) is 8.22. The fourth-order valence-electron chi connectivity index (χ4n) is 2.07. The van der Waals surface area contributed by atoms with E-state index in [0.29, 0.717) is 11.3 Å². The van der Waals surface area contributed by atoms with E-state index in [0.717, 1.165) is 31.5 Å². The van der Waals surface area contributed by atoms with Gasteiger partial charge in [0, 0.05) is 18.7 Å². The Morgan fingerprint density at radius 1 is 1.35 bits per heavy atom. The van der Waals surface area contributed by atoms with E-state index in [2.05, 4.69) is 4.99 Å². The summed E-state index contributed by atoms with van der Waals surface area (Å²) >= 11 is 0. The Morgan fingerprint density at radius 3 is 2.65 bits per heavy atom. The number of aliphatic imine (C=N–C) groups is 1. The zero-order valence-corrected chi connectivity index (χ0v) is 9.77. The summed E-state index contributed by atoms with van der Waals surface area (Å²) in [4.78, 5) is 27.7. The molecule has 0 aromatic heterocycles. The van der Waals surface area contributed by atoms with Crippen LogP contribution in [-0.2, 0) is 4.79 Å². The fraction of sp³-hybridized carbons (Fsp3) is 0.385. The number of rotatable bonds is 2. The molecule has 0 aliphatic carbocycles. The van der Waals surface area contributed by atoms with Crippen LogP contribution in [0.1, 0.15) is 28.8 Å². The van der Waals surface area contributed by atoms with Crippen molar-refractivity contribution in [2.24, 2.45) is 4.99 Å². The molecule has 0 bridgehead atoms. The number of hydrogen-bond acceptors (Lipinski definition) is 3. The van der Waals surface area contributed by atoms with Crippen LogP contribution in [0.3, 0.4) is 0 Å². The molecule has 0 saturated carbocycles. The number of benzene rings is 1. The van der Waals surface area contributed by atoms with Gasteiger partial charge in [0.15, 0.2) is 0 Å². The maximum atomic E-state index is 12.1. The first-order valence-corrected chi connectivity index (χ1v) is 5.70. The summed E-state index contributed by atoms with van der Waals surface area (Å²) in [5, 5.41) is 0. The number of nitrogens with zero attached hydrogens (tertiary/aromatic N) is 2. The summed E-state index contributed by atoms with van der Waals surface area (Å²) in [5.41, 5.74) is 2.05. The number of isocyanates is 1. The Kier molecular flexibility index (Phi) is 3.35. The molecule has 0 atom stereocenters. The molecule has 4 nitrogen and oxygen atoms in total. The predicted molar refractivity (Wildman–Crippen MR) is 64.1 cm³/mol. The van der Waals surface area contributed by atoms with E-state index in [-0.39, 0.29) is 5.91 Å². The van der Waals surface area contributed by atoms with Gasteiger partial charge in [-0.2, -0.15) is 4.99 Å². The van der Waals surface area contributed by atoms with Crippen molar-refractivity contribution in [1.29, 1.82) is 0 Å². The van der Waals surface area contributed by atoms with E-state index in [1.165, 1.54) is 6.08 Å². The molecular formula is C13H14N2O2. The molecule has 1 amide bonds. The van der Waals surface area contributed by atoms with Gasteiger partial charge >= 0.3 is 0 Å². The van der Waals surface area contributed by atoms with Crippen LogP contribution in [0.15, 0.2) is 23.2 Å². The second kappa shape index (κ2) is 4.93. The molecule has 1 aliphatic heterocycles. The third kappa shape index (κ3) is 2.43. The summed E-state index contributed by atoms with van der Waals surface area (Å²) in [6, 6.07) is 5.17. The fourth-order valence-corrected chi connectivity index (χ4v) is 2.07. The summed E-state index contributed by atoms with van der Waals surface area (Å²) in [5.74, 6) is 0.0623. The van der Waals surface area contributed by atoms with Gasteiger partial charge in [-0.15, -0.1) is 0 Å². The van der Waals surface area contributed by atoms with Crippen LogP contribution in [0.5, 0.6) is 0 Å². The minimum atomic E-state index is 0.0623. The Balaban J connectivity index is 2.24. The normalized spacial score (nSPS) is 14.5. The first kappa shape index (κ1) is 11.6. The van der Waals surface area contributed by atoms with Gasteiger partial charge in [0.1, 0.15) is 0 Å². The van der Waals surface area contributed by atoms with Crippen molar-refractivity contribution in [1.82, 2.24) is 4.90 Å². The van der Waals surface area contributed by atoms with Gasteiger partial charge in [0.2, 0.25) is 6.08 Å². The number of hydrogen-bond donors (Lipinski definition) is 0. The average molecular weight is 230 g/mol. The summed E-state index contributed by atoms with van der Waals surface area (Å²) in [6.07, 6.45) is 3.67. The maximum absolute atomic E-state index is 12.1. The SMILES string of the molecule is Cc1cc(C(=O)N2CCCC2)ccc1N=C=O.